The van der Waals surface area contributed by atoms with Crippen molar-refractivity contribution in [2.75, 3.05) is 37.3 Å². The summed E-state index contributed by atoms with van der Waals surface area (Å²) in [5.74, 6) is 0. The third-order valence-electron chi connectivity index (χ3n) is 4.01. The Kier molecular flexibility index (Phi) is 4.28. The predicted molar refractivity (Wildman–Crippen MR) is 79.1 cm³/mol. The predicted octanol–water partition coefficient (Wildman–Crippen LogP) is 1.87. The number of hydrogen-bond donors (Lipinski definition) is 1. The number of nitrogens with zero attached hydrogens (tertiary/aromatic N) is 3. The molecule has 1 fully saturated rings. The Balaban J connectivity index is 2.18. The van der Waals surface area contributed by atoms with Gasteiger partial charge in [-0.2, -0.15) is 5.26 Å². The molecule has 1 aliphatic rings. The highest BCUT2D eigenvalue weighted by Crippen LogP contribution is 2.24. The molecule has 4 nitrogen and oxygen atoms in total. The Labute approximate surface area is 115 Å². The van der Waals surface area contributed by atoms with Crippen molar-refractivity contribution in [2.45, 2.75) is 25.8 Å². The second kappa shape index (κ2) is 5.94. The quantitative estimate of drug-likeness (QED) is 0.841. The average molecular weight is 258 g/mol. The van der Waals surface area contributed by atoms with E-state index in [9.17, 15) is 0 Å². The van der Waals surface area contributed by atoms with Gasteiger partial charge in [0.15, 0.2) is 0 Å². The lowest BCUT2D eigenvalue weighted by molar-refractivity contribution is 0.213. The highest BCUT2D eigenvalue weighted by Gasteiger charge is 2.23. The van der Waals surface area contributed by atoms with Crippen molar-refractivity contribution in [1.82, 2.24) is 4.90 Å². The van der Waals surface area contributed by atoms with Crippen molar-refractivity contribution < 1.29 is 0 Å². The third kappa shape index (κ3) is 2.99. The second-order valence-electron chi connectivity index (χ2n) is 5.21. The van der Waals surface area contributed by atoms with Crippen LogP contribution in [0.15, 0.2) is 18.2 Å². The van der Waals surface area contributed by atoms with Gasteiger partial charge in [-0.3, -0.25) is 4.90 Å². The van der Waals surface area contributed by atoms with E-state index in [1.54, 1.807) is 0 Å². The van der Waals surface area contributed by atoms with Crippen LogP contribution in [0.2, 0.25) is 0 Å². The summed E-state index contributed by atoms with van der Waals surface area (Å²) >= 11 is 0. The zero-order chi connectivity index (χ0) is 13.8. The summed E-state index contributed by atoms with van der Waals surface area (Å²) in [5, 5.41) is 8.83. The van der Waals surface area contributed by atoms with Crippen LogP contribution < -0.4 is 10.6 Å². The lowest BCUT2D eigenvalue weighted by atomic mass is 10.1. The Morgan fingerprint density at radius 1 is 1.42 bits per heavy atom. The summed E-state index contributed by atoms with van der Waals surface area (Å²) in [6, 6.07) is 8.83. The second-order valence-corrected chi connectivity index (χ2v) is 5.21. The van der Waals surface area contributed by atoms with Crippen LogP contribution in [0.4, 0.5) is 11.4 Å². The van der Waals surface area contributed by atoms with Crippen molar-refractivity contribution in [3.63, 3.8) is 0 Å². The van der Waals surface area contributed by atoms with E-state index in [0.29, 0.717) is 18.2 Å². The summed E-state index contributed by atoms with van der Waals surface area (Å²) in [5.41, 5.74) is 8.74. The first-order valence-electron chi connectivity index (χ1n) is 6.86. The van der Waals surface area contributed by atoms with E-state index < -0.39 is 0 Å². The summed E-state index contributed by atoms with van der Waals surface area (Å²) in [6.45, 7) is 5.39. The molecule has 1 aliphatic heterocycles. The number of nitrogen functional groups attached to an aromatic ring is 1. The molecule has 0 radical (unpaired) electrons. The molecular formula is C15H22N4. The van der Waals surface area contributed by atoms with Crippen molar-refractivity contribution in [3.05, 3.63) is 23.8 Å². The Morgan fingerprint density at radius 3 is 2.89 bits per heavy atom. The van der Waals surface area contributed by atoms with Gasteiger partial charge in [0.05, 0.1) is 12.5 Å². The van der Waals surface area contributed by atoms with E-state index in [1.165, 1.54) is 5.69 Å². The van der Waals surface area contributed by atoms with Gasteiger partial charge >= 0.3 is 0 Å². The number of nitriles is 1. The topological polar surface area (TPSA) is 56.3 Å². The number of anilines is 2. The number of likely N-dealkylation sites (N-methyl/N-ethyl adjacent to an activating group) is 1. The average Bonchev–Trinajstić information content (AvgIpc) is 2.42. The summed E-state index contributed by atoms with van der Waals surface area (Å²) in [7, 11) is 2.19. The van der Waals surface area contributed by atoms with Crippen LogP contribution >= 0.6 is 0 Å². The number of rotatable bonds is 3. The largest absolute Gasteiger partial charge is 0.398 e. The molecule has 2 N–H and O–H groups in total. The highest BCUT2D eigenvalue weighted by molar-refractivity contribution is 5.59. The molecule has 102 valence electrons. The fourth-order valence-corrected chi connectivity index (χ4v) is 2.65. The number of piperazine rings is 1. The number of hydrogen-bond acceptors (Lipinski definition) is 4. The molecule has 4 heteroatoms. The Morgan fingerprint density at radius 2 is 2.21 bits per heavy atom. The van der Waals surface area contributed by atoms with Crippen molar-refractivity contribution in [2.24, 2.45) is 0 Å². The first-order chi connectivity index (χ1) is 9.15. The molecule has 0 amide bonds. The van der Waals surface area contributed by atoms with Gasteiger partial charge in [0.2, 0.25) is 0 Å². The van der Waals surface area contributed by atoms with E-state index >= 15 is 0 Å². The zero-order valence-electron chi connectivity index (χ0n) is 11.8. The van der Waals surface area contributed by atoms with Crippen LogP contribution in [-0.2, 0) is 6.42 Å². The van der Waals surface area contributed by atoms with Gasteiger partial charge in [0, 0.05) is 37.1 Å². The molecule has 0 aromatic heterocycles. The van der Waals surface area contributed by atoms with Crippen molar-refractivity contribution >= 4 is 11.4 Å². The molecule has 1 atom stereocenters. The monoisotopic (exact) mass is 258 g/mol. The highest BCUT2D eigenvalue weighted by atomic mass is 15.3. The molecule has 0 saturated carbocycles. The maximum atomic E-state index is 8.83. The molecule has 1 aromatic carbocycles. The van der Waals surface area contributed by atoms with Crippen LogP contribution in [0.3, 0.4) is 0 Å². The van der Waals surface area contributed by atoms with Gasteiger partial charge in [0.1, 0.15) is 0 Å². The standard InChI is InChI=1S/C15H22N4/c1-3-13-11-19(9-8-18(13)2)14-4-5-15(17)12(10-14)6-7-16/h4-5,10,13H,3,6,8-9,11,17H2,1-2H3. The van der Waals surface area contributed by atoms with Crippen LogP contribution in [-0.4, -0.2) is 37.6 Å². The lowest BCUT2D eigenvalue weighted by Crippen LogP contribution is -2.51. The summed E-state index contributed by atoms with van der Waals surface area (Å²) < 4.78 is 0. The van der Waals surface area contributed by atoms with Crippen molar-refractivity contribution in [3.8, 4) is 6.07 Å². The Hall–Kier alpha value is -1.73. The van der Waals surface area contributed by atoms with Gasteiger partial charge in [-0.15, -0.1) is 0 Å². The van der Waals surface area contributed by atoms with Crippen LogP contribution in [0.25, 0.3) is 0 Å². The molecule has 2 rings (SSSR count). The van der Waals surface area contributed by atoms with Crippen LogP contribution in [0.5, 0.6) is 0 Å². The van der Waals surface area contributed by atoms with Gasteiger partial charge in [-0.05, 0) is 37.2 Å². The van der Waals surface area contributed by atoms with Crippen molar-refractivity contribution in [1.29, 1.82) is 5.26 Å². The fraction of sp³-hybridized carbons (Fsp3) is 0.533. The lowest BCUT2D eigenvalue weighted by Gasteiger charge is -2.40. The van der Waals surface area contributed by atoms with E-state index in [2.05, 4.69) is 42.0 Å². The van der Waals surface area contributed by atoms with E-state index in [4.69, 9.17) is 11.0 Å². The zero-order valence-corrected chi connectivity index (χ0v) is 11.8. The van der Waals surface area contributed by atoms with Gasteiger partial charge < -0.3 is 10.6 Å². The molecular weight excluding hydrogens is 236 g/mol. The SMILES string of the molecule is CCC1CN(c2ccc(N)c(CC#N)c2)CCN1C. The minimum absolute atomic E-state index is 0.380. The van der Waals surface area contributed by atoms with Gasteiger partial charge in [-0.1, -0.05) is 6.92 Å². The molecule has 0 bridgehead atoms. The number of benzene rings is 1. The number of nitrogens with two attached hydrogens (primary N) is 1. The molecule has 0 spiro atoms. The maximum absolute atomic E-state index is 8.83. The van der Waals surface area contributed by atoms with Crippen LogP contribution in [0.1, 0.15) is 18.9 Å². The molecule has 1 heterocycles. The third-order valence-corrected chi connectivity index (χ3v) is 4.01. The van der Waals surface area contributed by atoms with Gasteiger partial charge in [-0.25, -0.2) is 0 Å². The normalized spacial score (nSPS) is 20.3. The van der Waals surface area contributed by atoms with E-state index in [-0.39, 0.29) is 0 Å². The minimum atomic E-state index is 0.380. The first kappa shape index (κ1) is 13.7. The molecule has 1 saturated heterocycles. The van der Waals surface area contributed by atoms with Gasteiger partial charge in [0.25, 0.3) is 0 Å². The summed E-state index contributed by atoms with van der Waals surface area (Å²) in [6.07, 6.45) is 1.54. The molecule has 1 aromatic rings. The Bertz CT molecular complexity index is 478. The van der Waals surface area contributed by atoms with Crippen LogP contribution in [0, 0.1) is 11.3 Å². The maximum Gasteiger partial charge on any atom is 0.0670 e. The molecule has 1 unspecified atom stereocenters. The first-order valence-corrected chi connectivity index (χ1v) is 6.86. The fourth-order valence-electron chi connectivity index (χ4n) is 2.65. The molecule has 19 heavy (non-hydrogen) atoms. The minimum Gasteiger partial charge on any atom is -0.398 e. The smallest absolute Gasteiger partial charge is 0.0670 e. The summed E-state index contributed by atoms with van der Waals surface area (Å²) in [4.78, 5) is 4.82. The molecule has 0 aliphatic carbocycles. The van der Waals surface area contributed by atoms with E-state index in [1.807, 2.05) is 6.07 Å². The van der Waals surface area contributed by atoms with E-state index in [0.717, 1.165) is 31.6 Å².